The Morgan fingerprint density at radius 2 is 1.97 bits per heavy atom. The minimum absolute atomic E-state index is 0.117. The van der Waals surface area contributed by atoms with Gasteiger partial charge in [-0.25, -0.2) is 4.79 Å². The third kappa shape index (κ3) is 7.95. The molecule has 1 fully saturated rings. The quantitative estimate of drug-likeness (QED) is 0.382. The molecule has 35 heavy (non-hydrogen) atoms. The van der Waals surface area contributed by atoms with Crippen LogP contribution in [-0.4, -0.2) is 82.9 Å². The first-order chi connectivity index (χ1) is 16.5. The monoisotopic (exact) mass is 507 g/mol. The summed E-state index contributed by atoms with van der Waals surface area (Å²) in [7, 11) is 0. The summed E-state index contributed by atoms with van der Waals surface area (Å²) < 4.78 is 10.6. The van der Waals surface area contributed by atoms with E-state index in [1.54, 1.807) is 12.2 Å². The lowest BCUT2D eigenvalue weighted by atomic mass is 10.00. The van der Waals surface area contributed by atoms with E-state index in [9.17, 15) is 19.5 Å². The van der Waals surface area contributed by atoms with E-state index in [0.29, 0.717) is 6.61 Å². The summed E-state index contributed by atoms with van der Waals surface area (Å²) in [4.78, 5) is 40.1. The smallest absolute Gasteiger partial charge is 0.408 e. The maximum atomic E-state index is 13.4. The van der Waals surface area contributed by atoms with Crippen LogP contribution in [0.15, 0.2) is 42.5 Å². The molecular weight excluding hydrogens is 474 g/mol. The van der Waals surface area contributed by atoms with Gasteiger partial charge >= 0.3 is 6.09 Å². The minimum Gasteiger partial charge on any atom is -0.440 e. The Morgan fingerprint density at radius 3 is 2.60 bits per heavy atom. The van der Waals surface area contributed by atoms with E-state index in [1.165, 1.54) is 4.90 Å². The summed E-state index contributed by atoms with van der Waals surface area (Å²) in [6.45, 7) is 6.33. The van der Waals surface area contributed by atoms with Crippen molar-refractivity contribution >= 4 is 29.5 Å². The van der Waals surface area contributed by atoms with Crippen molar-refractivity contribution in [1.29, 1.82) is 0 Å². The first-order valence-corrected chi connectivity index (χ1v) is 12.2. The summed E-state index contributed by atoms with van der Waals surface area (Å²) in [5, 5.41) is 16.2. The van der Waals surface area contributed by atoms with Crippen LogP contribution in [0.3, 0.4) is 0 Å². The molecule has 0 aliphatic carbocycles. The summed E-state index contributed by atoms with van der Waals surface area (Å²) in [6, 6.07) is 7.36. The van der Waals surface area contributed by atoms with E-state index >= 15 is 0 Å². The molecule has 0 unspecified atom stereocenters. The van der Waals surface area contributed by atoms with Gasteiger partial charge in [-0.2, -0.15) is 0 Å². The van der Waals surface area contributed by atoms with Crippen LogP contribution in [0.2, 0.25) is 0 Å². The molecule has 9 nitrogen and oxygen atoms in total. The largest absolute Gasteiger partial charge is 0.440 e. The van der Waals surface area contributed by atoms with Crippen LogP contribution in [-0.2, 0) is 25.5 Å². The zero-order valence-electron chi connectivity index (χ0n) is 20.3. The second-order valence-corrected chi connectivity index (χ2v) is 10.5. The number of amides is 3. The Kier molecular flexibility index (Phi) is 9.15. The number of nitrogens with one attached hydrogen (secondary N) is 2. The Bertz CT molecular complexity index is 920. The molecule has 1 aromatic rings. The molecule has 0 radical (unpaired) electrons. The lowest BCUT2D eigenvalue weighted by Crippen LogP contribution is -2.57. The Hall–Kier alpha value is -2.62. The Labute approximate surface area is 210 Å². The topological polar surface area (TPSA) is 117 Å². The highest BCUT2D eigenvalue weighted by Crippen LogP contribution is 2.25. The molecule has 2 aliphatic rings. The molecule has 3 rings (SSSR count). The van der Waals surface area contributed by atoms with Gasteiger partial charge in [-0.05, 0) is 45.3 Å². The minimum atomic E-state index is -1.62. The standard InChI is InChI=1S/C25H34ClN3O6/c1-25(2,3)28-22(31)20-13-17(26)14-29(20)23(32)21(30)19(12-16-8-5-4-6-9-16)27-24(33)35-18-10-7-11-34-15-18/h4-10,17-21,30H,11-15H2,1-3H3,(H,27,33)(H,28,31)/t17-,18-,19-,20-,21-/m0/s1. The van der Waals surface area contributed by atoms with Crippen LogP contribution >= 0.6 is 11.6 Å². The summed E-state index contributed by atoms with van der Waals surface area (Å²) in [6.07, 6.45) is 0.964. The highest BCUT2D eigenvalue weighted by Gasteiger charge is 2.43. The molecule has 10 heteroatoms. The van der Waals surface area contributed by atoms with Crippen molar-refractivity contribution in [2.75, 3.05) is 19.8 Å². The van der Waals surface area contributed by atoms with Gasteiger partial charge in [0.2, 0.25) is 5.91 Å². The number of nitrogens with zero attached hydrogens (tertiary/aromatic N) is 1. The van der Waals surface area contributed by atoms with Crippen LogP contribution in [0.25, 0.3) is 0 Å². The van der Waals surface area contributed by atoms with Gasteiger partial charge in [-0.15, -0.1) is 11.6 Å². The fraction of sp³-hybridized carbons (Fsp3) is 0.560. The molecule has 2 aliphatic heterocycles. The Balaban J connectivity index is 1.75. The Morgan fingerprint density at radius 1 is 1.26 bits per heavy atom. The summed E-state index contributed by atoms with van der Waals surface area (Å²) in [5.41, 5.74) is 0.317. The van der Waals surface area contributed by atoms with Crippen molar-refractivity contribution in [3.63, 3.8) is 0 Å². The molecule has 0 aromatic heterocycles. The van der Waals surface area contributed by atoms with Crippen molar-refractivity contribution < 1.29 is 29.0 Å². The van der Waals surface area contributed by atoms with Crippen molar-refractivity contribution in [3.05, 3.63) is 48.0 Å². The number of hydrogen-bond acceptors (Lipinski definition) is 6. The van der Waals surface area contributed by atoms with E-state index in [1.807, 2.05) is 51.1 Å². The van der Waals surface area contributed by atoms with Gasteiger partial charge in [0.1, 0.15) is 12.1 Å². The molecule has 3 N–H and O–H groups in total. The number of rotatable bonds is 7. The molecule has 0 spiro atoms. The normalized spacial score (nSPS) is 23.9. The number of benzene rings is 1. The van der Waals surface area contributed by atoms with Crippen LogP contribution in [0, 0.1) is 0 Å². The maximum Gasteiger partial charge on any atom is 0.408 e. The predicted octanol–water partition coefficient (Wildman–Crippen LogP) is 1.76. The van der Waals surface area contributed by atoms with E-state index in [2.05, 4.69) is 10.6 Å². The van der Waals surface area contributed by atoms with E-state index in [0.717, 1.165) is 5.56 Å². The van der Waals surface area contributed by atoms with Crippen molar-refractivity contribution in [3.8, 4) is 0 Å². The number of likely N-dealkylation sites (tertiary alicyclic amines) is 1. The molecular formula is C25H34ClN3O6. The number of carbonyl (C=O) groups excluding carboxylic acids is 3. The lowest BCUT2D eigenvalue weighted by molar-refractivity contribution is -0.146. The molecule has 192 valence electrons. The van der Waals surface area contributed by atoms with Gasteiger partial charge in [0.25, 0.3) is 5.91 Å². The van der Waals surface area contributed by atoms with Gasteiger partial charge in [0, 0.05) is 12.1 Å². The van der Waals surface area contributed by atoms with Crippen LogP contribution in [0.5, 0.6) is 0 Å². The van der Waals surface area contributed by atoms with Crippen LogP contribution in [0.1, 0.15) is 32.8 Å². The average molecular weight is 508 g/mol. The van der Waals surface area contributed by atoms with Crippen LogP contribution < -0.4 is 10.6 Å². The fourth-order valence-corrected chi connectivity index (χ4v) is 4.41. The number of ether oxygens (including phenoxy) is 2. The summed E-state index contributed by atoms with van der Waals surface area (Å²) in [5.74, 6) is -1.01. The molecule has 0 saturated carbocycles. The number of hydrogen-bond donors (Lipinski definition) is 3. The number of aliphatic hydroxyl groups is 1. The lowest BCUT2D eigenvalue weighted by Gasteiger charge is -2.32. The van der Waals surface area contributed by atoms with Gasteiger partial charge in [0.05, 0.1) is 24.6 Å². The first kappa shape index (κ1) is 27.0. The van der Waals surface area contributed by atoms with Crippen LogP contribution in [0.4, 0.5) is 4.79 Å². The van der Waals surface area contributed by atoms with E-state index in [4.69, 9.17) is 21.1 Å². The van der Waals surface area contributed by atoms with Gasteiger partial charge in [-0.3, -0.25) is 9.59 Å². The summed E-state index contributed by atoms with van der Waals surface area (Å²) >= 11 is 6.30. The maximum absolute atomic E-state index is 13.4. The predicted molar refractivity (Wildman–Crippen MR) is 131 cm³/mol. The second kappa shape index (κ2) is 11.9. The van der Waals surface area contributed by atoms with E-state index in [-0.39, 0.29) is 31.9 Å². The molecule has 0 bridgehead atoms. The first-order valence-electron chi connectivity index (χ1n) is 11.7. The number of aliphatic hydroxyl groups excluding tert-OH is 1. The molecule has 1 aromatic carbocycles. The average Bonchev–Trinajstić information content (AvgIpc) is 3.20. The third-order valence-electron chi connectivity index (χ3n) is 5.68. The van der Waals surface area contributed by atoms with Gasteiger partial charge < -0.3 is 30.1 Å². The molecule has 2 heterocycles. The van der Waals surface area contributed by atoms with Crippen molar-refractivity contribution in [2.45, 2.75) is 68.8 Å². The van der Waals surface area contributed by atoms with Crippen molar-refractivity contribution in [1.82, 2.24) is 15.5 Å². The van der Waals surface area contributed by atoms with Gasteiger partial charge in [0.15, 0.2) is 6.10 Å². The second-order valence-electron chi connectivity index (χ2n) is 9.87. The zero-order chi connectivity index (χ0) is 25.6. The third-order valence-corrected chi connectivity index (χ3v) is 5.99. The number of halogens is 1. The number of alkyl halides is 1. The van der Waals surface area contributed by atoms with Crippen molar-refractivity contribution in [2.24, 2.45) is 0 Å². The SMILES string of the molecule is CC(C)(C)NC(=O)[C@@H]1C[C@H](Cl)CN1C(=O)[C@@H](O)[C@H](Cc1ccccc1)NC(=O)O[C@H]1C=CCOC1. The number of carbonyl (C=O) groups is 3. The fourth-order valence-electron chi connectivity index (χ4n) is 4.09. The zero-order valence-corrected chi connectivity index (χ0v) is 21.0. The van der Waals surface area contributed by atoms with Gasteiger partial charge in [-0.1, -0.05) is 36.4 Å². The highest BCUT2D eigenvalue weighted by molar-refractivity contribution is 6.21. The molecule has 3 amide bonds. The molecule has 5 atom stereocenters. The highest BCUT2D eigenvalue weighted by atomic mass is 35.5. The molecule has 1 saturated heterocycles. The number of alkyl carbamates (subject to hydrolysis) is 1. The van der Waals surface area contributed by atoms with E-state index < -0.39 is 47.2 Å².